The molecule has 0 spiro atoms. The second-order valence-corrected chi connectivity index (χ2v) is 4.30. The van der Waals surface area contributed by atoms with Crippen LogP contribution in [0, 0.1) is 5.92 Å². The van der Waals surface area contributed by atoms with Crippen LogP contribution in [-0.2, 0) is 9.53 Å². The van der Waals surface area contributed by atoms with E-state index in [1.165, 1.54) is 4.90 Å². The van der Waals surface area contributed by atoms with E-state index in [1.54, 1.807) is 7.11 Å². The fraction of sp³-hybridized carbons (Fsp3) is 0.818. The minimum Gasteiger partial charge on any atom is -0.480 e. The van der Waals surface area contributed by atoms with E-state index in [0.717, 1.165) is 19.3 Å². The Balaban J connectivity index is 2.27. The van der Waals surface area contributed by atoms with Crippen LogP contribution in [-0.4, -0.2) is 55.4 Å². The molecule has 1 saturated carbocycles. The van der Waals surface area contributed by atoms with Gasteiger partial charge in [-0.1, -0.05) is 0 Å². The van der Waals surface area contributed by atoms with Crippen molar-refractivity contribution in [3.8, 4) is 0 Å². The van der Waals surface area contributed by atoms with E-state index in [2.05, 4.69) is 5.32 Å². The number of urea groups is 1. The van der Waals surface area contributed by atoms with Crippen molar-refractivity contribution in [2.75, 3.05) is 33.4 Å². The van der Waals surface area contributed by atoms with Crippen LogP contribution in [0.15, 0.2) is 0 Å². The zero-order valence-electron chi connectivity index (χ0n) is 10.1. The lowest BCUT2D eigenvalue weighted by Crippen LogP contribution is -2.44. The van der Waals surface area contributed by atoms with E-state index in [9.17, 15) is 9.59 Å². The van der Waals surface area contributed by atoms with Crippen LogP contribution in [0.4, 0.5) is 4.79 Å². The largest absolute Gasteiger partial charge is 0.480 e. The molecule has 0 atom stereocenters. The minimum absolute atomic E-state index is 0.230. The molecule has 0 unspecified atom stereocenters. The van der Waals surface area contributed by atoms with Gasteiger partial charge in [-0.05, 0) is 25.2 Å². The first-order valence-electron chi connectivity index (χ1n) is 5.87. The molecule has 17 heavy (non-hydrogen) atoms. The molecule has 1 fully saturated rings. The summed E-state index contributed by atoms with van der Waals surface area (Å²) in [4.78, 5) is 23.7. The molecule has 0 radical (unpaired) electrons. The number of nitrogens with one attached hydrogen (secondary N) is 1. The van der Waals surface area contributed by atoms with Crippen LogP contribution >= 0.6 is 0 Å². The van der Waals surface area contributed by atoms with Crippen molar-refractivity contribution in [2.24, 2.45) is 5.92 Å². The summed E-state index contributed by atoms with van der Waals surface area (Å²) in [6.07, 6.45) is 2.91. The number of hydrogen-bond donors (Lipinski definition) is 2. The molecule has 1 rings (SSSR count). The van der Waals surface area contributed by atoms with Crippen LogP contribution < -0.4 is 5.32 Å². The lowest BCUT2D eigenvalue weighted by molar-refractivity contribution is -0.137. The Morgan fingerprint density at radius 3 is 2.71 bits per heavy atom. The Hall–Kier alpha value is -1.30. The molecule has 1 aliphatic rings. The molecule has 2 N–H and O–H groups in total. The van der Waals surface area contributed by atoms with Crippen molar-refractivity contribution < 1.29 is 19.4 Å². The van der Waals surface area contributed by atoms with Crippen LogP contribution in [0.3, 0.4) is 0 Å². The third-order valence-electron chi connectivity index (χ3n) is 2.59. The molecule has 1 aliphatic carbocycles. The van der Waals surface area contributed by atoms with Gasteiger partial charge >= 0.3 is 12.0 Å². The van der Waals surface area contributed by atoms with E-state index in [-0.39, 0.29) is 12.6 Å². The average molecular weight is 244 g/mol. The van der Waals surface area contributed by atoms with Crippen molar-refractivity contribution in [3.05, 3.63) is 0 Å². The summed E-state index contributed by atoms with van der Waals surface area (Å²) in [5.41, 5.74) is 0. The van der Waals surface area contributed by atoms with Crippen LogP contribution in [0.5, 0.6) is 0 Å². The highest BCUT2D eigenvalue weighted by Gasteiger charge is 2.27. The topological polar surface area (TPSA) is 78.9 Å². The molecular formula is C11H20N2O4. The second kappa shape index (κ2) is 7.11. The smallest absolute Gasteiger partial charge is 0.323 e. The number of carboxylic acids is 1. The fourth-order valence-corrected chi connectivity index (χ4v) is 1.52. The maximum atomic E-state index is 11.7. The van der Waals surface area contributed by atoms with Gasteiger partial charge in [0.15, 0.2) is 0 Å². The molecular weight excluding hydrogens is 224 g/mol. The first kappa shape index (κ1) is 13.8. The van der Waals surface area contributed by atoms with Crippen LogP contribution in [0.25, 0.3) is 0 Å². The summed E-state index contributed by atoms with van der Waals surface area (Å²) >= 11 is 0. The van der Waals surface area contributed by atoms with Gasteiger partial charge in [0.05, 0.1) is 0 Å². The van der Waals surface area contributed by atoms with E-state index in [4.69, 9.17) is 9.84 Å². The summed E-state index contributed by atoms with van der Waals surface area (Å²) in [5, 5.41) is 11.4. The third kappa shape index (κ3) is 6.11. The van der Waals surface area contributed by atoms with Crippen LogP contribution in [0.2, 0.25) is 0 Å². The highest BCUT2D eigenvalue weighted by molar-refractivity contribution is 5.80. The number of carbonyl (C=O) groups excluding carboxylic acids is 1. The number of amides is 2. The molecule has 6 nitrogen and oxygen atoms in total. The number of carbonyl (C=O) groups is 2. The van der Waals surface area contributed by atoms with Gasteiger partial charge in [0, 0.05) is 26.8 Å². The Morgan fingerprint density at radius 1 is 1.47 bits per heavy atom. The van der Waals surface area contributed by atoms with Gasteiger partial charge < -0.3 is 20.1 Å². The Morgan fingerprint density at radius 2 is 2.18 bits per heavy atom. The van der Waals surface area contributed by atoms with Gasteiger partial charge in [-0.15, -0.1) is 0 Å². The molecule has 0 bridgehead atoms. The lowest BCUT2D eigenvalue weighted by atomic mass is 10.3. The minimum atomic E-state index is -0.974. The molecule has 2 amide bonds. The van der Waals surface area contributed by atoms with Crippen molar-refractivity contribution in [2.45, 2.75) is 19.3 Å². The number of rotatable bonds is 8. The van der Waals surface area contributed by atoms with Crippen molar-refractivity contribution >= 4 is 12.0 Å². The summed E-state index contributed by atoms with van der Waals surface area (Å²) in [6.45, 7) is 1.41. The van der Waals surface area contributed by atoms with Gasteiger partial charge in [-0.3, -0.25) is 4.79 Å². The predicted octanol–water partition coefficient (Wildman–Crippen LogP) is 0.529. The molecule has 98 valence electrons. The monoisotopic (exact) mass is 244 g/mol. The van der Waals surface area contributed by atoms with Gasteiger partial charge in [-0.2, -0.15) is 0 Å². The highest BCUT2D eigenvalue weighted by Crippen LogP contribution is 2.29. The first-order chi connectivity index (χ1) is 8.13. The molecule has 0 aromatic carbocycles. The summed E-state index contributed by atoms with van der Waals surface area (Å²) < 4.78 is 4.86. The predicted molar refractivity (Wildman–Crippen MR) is 61.8 cm³/mol. The third-order valence-corrected chi connectivity index (χ3v) is 2.59. The zero-order valence-corrected chi connectivity index (χ0v) is 10.1. The molecule has 0 heterocycles. The van der Waals surface area contributed by atoms with E-state index in [0.29, 0.717) is 25.6 Å². The van der Waals surface area contributed by atoms with Crippen molar-refractivity contribution in [1.82, 2.24) is 10.2 Å². The lowest BCUT2D eigenvalue weighted by Gasteiger charge is -2.20. The normalized spacial score (nSPS) is 14.4. The Kier molecular flexibility index (Phi) is 5.76. The quantitative estimate of drug-likeness (QED) is 0.610. The van der Waals surface area contributed by atoms with Crippen molar-refractivity contribution in [1.29, 1.82) is 0 Å². The summed E-state index contributed by atoms with van der Waals surface area (Å²) in [6, 6.07) is -0.296. The molecule has 0 saturated heterocycles. The van der Waals surface area contributed by atoms with Gasteiger partial charge in [-0.25, -0.2) is 4.79 Å². The van der Waals surface area contributed by atoms with Gasteiger partial charge in [0.2, 0.25) is 0 Å². The maximum Gasteiger partial charge on any atom is 0.323 e. The summed E-state index contributed by atoms with van der Waals surface area (Å²) in [5.74, 6) is -0.489. The second-order valence-electron chi connectivity index (χ2n) is 4.30. The maximum absolute atomic E-state index is 11.7. The van der Waals surface area contributed by atoms with E-state index < -0.39 is 5.97 Å². The molecule has 6 heteroatoms. The average Bonchev–Trinajstić information content (AvgIpc) is 3.06. The zero-order chi connectivity index (χ0) is 12.7. The molecule has 0 aromatic rings. The van der Waals surface area contributed by atoms with Crippen molar-refractivity contribution in [3.63, 3.8) is 0 Å². The number of aliphatic carboxylic acids is 1. The fourth-order valence-electron chi connectivity index (χ4n) is 1.52. The number of carboxylic acid groups (broad SMARTS) is 1. The number of methoxy groups -OCH3 is 1. The van der Waals surface area contributed by atoms with Gasteiger partial charge in [0.1, 0.15) is 6.54 Å². The Bertz CT molecular complexity index is 266. The molecule has 0 aliphatic heterocycles. The first-order valence-corrected chi connectivity index (χ1v) is 5.87. The highest BCUT2D eigenvalue weighted by atomic mass is 16.5. The van der Waals surface area contributed by atoms with Gasteiger partial charge in [0.25, 0.3) is 0 Å². The SMILES string of the molecule is COCCCNC(=O)N(CC(=O)O)CC1CC1. The van der Waals surface area contributed by atoms with E-state index >= 15 is 0 Å². The Labute approximate surface area is 101 Å². The number of ether oxygens (including phenoxy) is 1. The van der Waals surface area contributed by atoms with Crippen LogP contribution in [0.1, 0.15) is 19.3 Å². The standard InChI is InChI=1S/C11H20N2O4/c1-17-6-2-5-12-11(16)13(8-10(14)15)7-9-3-4-9/h9H,2-8H2,1H3,(H,12,16)(H,14,15). The summed E-state index contributed by atoms with van der Waals surface area (Å²) in [7, 11) is 1.60. The number of nitrogens with zero attached hydrogens (tertiary/aromatic N) is 1. The number of hydrogen-bond acceptors (Lipinski definition) is 3. The molecule has 0 aromatic heterocycles. The van der Waals surface area contributed by atoms with E-state index in [1.807, 2.05) is 0 Å².